The van der Waals surface area contributed by atoms with E-state index in [4.69, 9.17) is 4.74 Å². The van der Waals surface area contributed by atoms with E-state index in [0.717, 1.165) is 24.5 Å². The molecule has 134 valence electrons. The molecule has 0 aliphatic carbocycles. The maximum absolute atomic E-state index is 13.3. The van der Waals surface area contributed by atoms with Gasteiger partial charge in [-0.15, -0.1) is 0 Å². The number of nitrogens with zero attached hydrogens (tertiary/aromatic N) is 1. The second-order valence-electron chi connectivity index (χ2n) is 6.31. The van der Waals surface area contributed by atoms with Gasteiger partial charge in [-0.1, -0.05) is 36.4 Å². The van der Waals surface area contributed by atoms with E-state index in [0.29, 0.717) is 32.2 Å². The van der Waals surface area contributed by atoms with E-state index in [9.17, 15) is 12.8 Å². The van der Waals surface area contributed by atoms with Gasteiger partial charge in [-0.3, -0.25) is 0 Å². The number of sulfonamides is 1. The van der Waals surface area contributed by atoms with Gasteiger partial charge in [0.2, 0.25) is 10.0 Å². The van der Waals surface area contributed by atoms with Gasteiger partial charge in [-0.25, -0.2) is 12.8 Å². The summed E-state index contributed by atoms with van der Waals surface area (Å²) < 4.78 is 45.7. The Kier molecular flexibility index (Phi) is 5.83. The lowest BCUT2D eigenvalue weighted by molar-refractivity contribution is 0.0688. The summed E-state index contributed by atoms with van der Waals surface area (Å²) in [6.45, 7) is 2.09. The highest BCUT2D eigenvalue weighted by atomic mass is 32.2. The third kappa shape index (κ3) is 4.66. The predicted octanol–water partition coefficient (Wildman–Crippen LogP) is 3.44. The molecule has 0 unspecified atom stereocenters. The number of ether oxygens (including phenoxy) is 1. The molecular formula is C19H22FNO3S. The second kappa shape index (κ2) is 8.08. The molecule has 1 saturated heterocycles. The predicted molar refractivity (Wildman–Crippen MR) is 94.0 cm³/mol. The van der Waals surface area contributed by atoms with Gasteiger partial charge in [0.1, 0.15) is 5.82 Å². The van der Waals surface area contributed by atoms with E-state index in [2.05, 4.69) is 0 Å². The van der Waals surface area contributed by atoms with Gasteiger partial charge in [0.25, 0.3) is 0 Å². The van der Waals surface area contributed by atoms with Gasteiger partial charge in [0.15, 0.2) is 0 Å². The Hall–Kier alpha value is -1.76. The van der Waals surface area contributed by atoms with Gasteiger partial charge in [0.05, 0.1) is 11.5 Å². The van der Waals surface area contributed by atoms with E-state index in [-0.39, 0.29) is 4.90 Å². The van der Waals surface area contributed by atoms with Crippen molar-refractivity contribution in [1.82, 2.24) is 4.31 Å². The van der Waals surface area contributed by atoms with Gasteiger partial charge >= 0.3 is 0 Å². The third-order valence-corrected chi connectivity index (χ3v) is 6.37. The summed E-state index contributed by atoms with van der Waals surface area (Å²) in [5, 5.41) is 0. The second-order valence-corrected chi connectivity index (χ2v) is 8.24. The lowest BCUT2D eigenvalue weighted by Gasteiger charge is -2.31. The Bertz CT molecular complexity index is 787. The molecule has 0 spiro atoms. The molecule has 0 atom stereocenters. The van der Waals surface area contributed by atoms with E-state index < -0.39 is 15.8 Å². The zero-order valence-electron chi connectivity index (χ0n) is 14.0. The Morgan fingerprint density at radius 2 is 1.76 bits per heavy atom. The summed E-state index contributed by atoms with van der Waals surface area (Å²) in [6.07, 6.45) is 1.51. The van der Waals surface area contributed by atoms with Crippen LogP contribution in [0.25, 0.3) is 0 Å². The van der Waals surface area contributed by atoms with Crippen LogP contribution in [0.3, 0.4) is 0 Å². The maximum atomic E-state index is 13.3. The van der Waals surface area contributed by atoms with Crippen LogP contribution < -0.4 is 0 Å². The normalized spacial score (nSPS) is 16.8. The topological polar surface area (TPSA) is 46.6 Å². The Morgan fingerprint density at radius 1 is 1.04 bits per heavy atom. The highest BCUT2D eigenvalue weighted by Crippen LogP contribution is 2.24. The Labute approximate surface area is 148 Å². The number of hydrogen-bond donors (Lipinski definition) is 0. The number of rotatable bonds is 6. The van der Waals surface area contributed by atoms with E-state index in [1.54, 1.807) is 0 Å². The fraction of sp³-hybridized carbons (Fsp3) is 0.368. The van der Waals surface area contributed by atoms with Crippen molar-refractivity contribution in [2.24, 2.45) is 5.92 Å². The van der Waals surface area contributed by atoms with Gasteiger partial charge in [0, 0.05) is 19.7 Å². The summed E-state index contributed by atoms with van der Waals surface area (Å²) in [6, 6.07) is 15.2. The molecule has 1 aliphatic rings. The average Bonchev–Trinajstić information content (AvgIpc) is 2.63. The highest BCUT2D eigenvalue weighted by molar-refractivity contribution is 7.89. The van der Waals surface area contributed by atoms with Crippen molar-refractivity contribution in [3.05, 3.63) is 66.0 Å². The third-order valence-electron chi connectivity index (χ3n) is 4.47. The van der Waals surface area contributed by atoms with Crippen LogP contribution in [-0.4, -0.2) is 32.4 Å². The molecule has 1 aliphatic heterocycles. The Balaban J connectivity index is 1.50. The number of hydrogen-bond acceptors (Lipinski definition) is 3. The molecule has 1 fully saturated rings. The van der Waals surface area contributed by atoms with Crippen molar-refractivity contribution in [1.29, 1.82) is 0 Å². The van der Waals surface area contributed by atoms with Gasteiger partial charge in [-0.05, 0) is 42.5 Å². The van der Waals surface area contributed by atoms with Crippen molar-refractivity contribution in [3.63, 3.8) is 0 Å². The highest BCUT2D eigenvalue weighted by Gasteiger charge is 2.29. The Morgan fingerprint density at radius 3 is 2.44 bits per heavy atom. The van der Waals surface area contributed by atoms with E-state index >= 15 is 0 Å². The zero-order chi connectivity index (χ0) is 17.7. The zero-order valence-corrected chi connectivity index (χ0v) is 14.8. The summed E-state index contributed by atoms with van der Waals surface area (Å²) in [7, 11) is -3.62. The van der Waals surface area contributed by atoms with Crippen LogP contribution in [0.1, 0.15) is 18.4 Å². The lowest BCUT2D eigenvalue weighted by Crippen LogP contribution is -2.39. The number of piperidine rings is 1. The molecule has 3 rings (SSSR count). The minimum absolute atomic E-state index is 0.0197. The van der Waals surface area contributed by atoms with E-state index in [1.807, 2.05) is 30.3 Å². The average molecular weight is 363 g/mol. The molecule has 0 saturated carbocycles. The molecule has 2 aromatic carbocycles. The minimum Gasteiger partial charge on any atom is -0.376 e. The molecule has 0 amide bonds. The largest absolute Gasteiger partial charge is 0.376 e. The maximum Gasteiger partial charge on any atom is 0.243 e. The van der Waals surface area contributed by atoms with Crippen molar-refractivity contribution < 1.29 is 17.5 Å². The van der Waals surface area contributed by atoms with Crippen LogP contribution in [0, 0.1) is 11.7 Å². The molecule has 4 nitrogen and oxygen atoms in total. The molecule has 2 aromatic rings. The molecular weight excluding hydrogens is 341 g/mol. The first-order valence-electron chi connectivity index (χ1n) is 8.43. The quantitative estimate of drug-likeness (QED) is 0.790. The molecule has 0 aromatic heterocycles. The lowest BCUT2D eigenvalue weighted by atomic mass is 9.99. The van der Waals surface area contributed by atoms with Crippen LogP contribution >= 0.6 is 0 Å². The van der Waals surface area contributed by atoms with Crippen molar-refractivity contribution in [3.8, 4) is 0 Å². The summed E-state index contributed by atoms with van der Waals surface area (Å²) in [5.41, 5.74) is 1.13. The summed E-state index contributed by atoms with van der Waals surface area (Å²) in [4.78, 5) is 0.0197. The van der Waals surface area contributed by atoms with Crippen LogP contribution in [0.15, 0.2) is 59.5 Å². The molecule has 0 radical (unpaired) electrons. The number of benzene rings is 2. The first-order chi connectivity index (χ1) is 12.1. The van der Waals surface area contributed by atoms with E-state index in [1.165, 1.54) is 22.5 Å². The smallest absolute Gasteiger partial charge is 0.243 e. The molecule has 1 heterocycles. The molecule has 0 N–H and O–H groups in total. The fourth-order valence-electron chi connectivity index (χ4n) is 3.01. The van der Waals surface area contributed by atoms with Gasteiger partial charge < -0.3 is 4.74 Å². The summed E-state index contributed by atoms with van der Waals surface area (Å²) >= 11 is 0. The van der Waals surface area contributed by atoms with Crippen molar-refractivity contribution in [2.75, 3.05) is 19.7 Å². The first-order valence-corrected chi connectivity index (χ1v) is 9.87. The number of halogens is 1. The molecule has 0 bridgehead atoms. The van der Waals surface area contributed by atoms with Crippen LogP contribution in [0.4, 0.5) is 4.39 Å². The monoisotopic (exact) mass is 363 g/mol. The fourth-order valence-corrected chi connectivity index (χ4v) is 4.51. The minimum atomic E-state index is -3.62. The van der Waals surface area contributed by atoms with Crippen LogP contribution in [-0.2, 0) is 21.4 Å². The van der Waals surface area contributed by atoms with Crippen LogP contribution in [0.5, 0.6) is 0 Å². The first kappa shape index (κ1) is 18.0. The van der Waals surface area contributed by atoms with Crippen LogP contribution in [0.2, 0.25) is 0 Å². The molecule has 25 heavy (non-hydrogen) atoms. The standard InChI is InChI=1S/C19H22FNO3S/c20-18-7-4-8-19(13-18)25(22,23)21-11-9-17(10-12-21)15-24-14-16-5-2-1-3-6-16/h1-8,13,17H,9-12,14-15H2. The van der Waals surface area contributed by atoms with Gasteiger partial charge in [-0.2, -0.15) is 4.31 Å². The molecule has 6 heteroatoms. The SMILES string of the molecule is O=S(=O)(c1cccc(F)c1)N1CCC(COCc2ccccc2)CC1. The van der Waals surface area contributed by atoms with Crippen molar-refractivity contribution in [2.45, 2.75) is 24.3 Å². The van der Waals surface area contributed by atoms with Crippen molar-refractivity contribution >= 4 is 10.0 Å². The summed E-state index contributed by atoms with van der Waals surface area (Å²) in [5.74, 6) is -0.187.